The van der Waals surface area contributed by atoms with Crippen LogP contribution in [-0.2, 0) is 16.4 Å². The minimum atomic E-state index is -3.56. The van der Waals surface area contributed by atoms with Crippen molar-refractivity contribution >= 4 is 27.0 Å². The van der Waals surface area contributed by atoms with Crippen molar-refractivity contribution in [1.29, 1.82) is 0 Å². The SMILES string of the molecule is CN(C)S(=O)(=O)c1ccc(-c2[nH]c3nc(N)[nH]c(=O)c3c2-c2cccc3c2OCC3)cc1. The van der Waals surface area contributed by atoms with Crippen LogP contribution in [0.15, 0.2) is 52.2 Å². The van der Waals surface area contributed by atoms with E-state index in [1.54, 1.807) is 12.1 Å². The molecule has 1 aliphatic heterocycles. The molecule has 1 aliphatic rings. The van der Waals surface area contributed by atoms with Gasteiger partial charge < -0.3 is 15.5 Å². The zero-order valence-corrected chi connectivity index (χ0v) is 18.3. The van der Waals surface area contributed by atoms with E-state index in [-0.39, 0.29) is 16.4 Å². The summed E-state index contributed by atoms with van der Waals surface area (Å²) in [5, 5.41) is 0.364. The Morgan fingerprint density at radius 3 is 2.56 bits per heavy atom. The van der Waals surface area contributed by atoms with Crippen LogP contribution in [0.3, 0.4) is 0 Å². The molecule has 9 nitrogen and oxygen atoms in total. The molecule has 2 aromatic heterocycles. The molecule has 32 heavy (non-hydrogen) atoms. The molecule has 2 aromatic carbocycles. The van der Waals surface area contributed by atoms with Crippen LogP contribution in [0.4, 0.5) is 5.95 Å². The molecule has 0 amide bonds. The van der Waals surface area contributed by atoms with Gasteiger partial charge in [0.15, 0.2) is 0 Å². The molecule has 0 atom stereocenters. The van der Waals surface area contributed by atoms with Crippen molar-refractivity contribution in [3.63, 3.8) is 0 Å². The highest BCUT2D eigenvalue weighted by molar-refractivity contribution is 7.89. The Morgan fingerprint density at radius 2 is 1.84 bits per heavy atom. The number of nitrogens with zero attached hydrogens (tertiary/aromatic N) is 2. The van der Waals surface area contributed by atoms with Crippen molar-refractivity contribution < 1.29 is 13.2 Å². The Balaban J connectivity index is 1.78. The predicted molar refractivity (Wildman–Crippen MR) is 122 cm³/mol. The lowest BCUT2D eigenvalue weighted by atomic mass is 9.96. The van der Waals surface area contributed by atoms with Crippen LogP contribution in [0.2, 0.25) is 0 Å². The zero-order valence-electron chi connectivity index (χ0n) is 17.5. The monoisotopic (exact) mass is 451 g/mol. The van der Waals surface area contributed by atoms with Gasteiger partial charge in [0.1, 0.15) is 11.4 Å². The lowest BCUT2D eigenvalue weighted by molar-refractivity contribution is 0.358. The number of nitrogens with one attached hydrogen (secondary N) is 2. The first-order valence-corrected chi connectivity index (χ1v) is 11.4. The summed E-state index contributed by atoms with van der Waals surface area (Å²) in [6.45, 7) is 0.572. The number of aromatic amines is 2. The van der Waals surface area contributed by atoms with Crippen LogP contribution in [0, 0.1) is 0 Å². The second kappa shape index (κ2) is 7.21. The van der Waals surface area contributed by atoms with Gasteiger partial charge in [0.05, 0.1) is 22.6 Å². The van der Waals surface area contributed by atoms with E-state index in [1.807, 2.05) is 18.2 Å². The summed E-state index contributed by atoms with van der Waals surface area (Å²) in [5.41, 5.74) is 9.53. The summed E-state index contributed by atoms with van der Waals surface area (Å²) in [6, 6.07) is 12.3. The van der Waals surface area contributed by atoms with Crippen LogP contribution < -0.4 is 16.0 Å². The largest absolute Gasteiger partial charge is 0.492 e. The highest BCUT2D eigenvalue weighted by Gasteiger charge is 2.25. The number of rotatable bonds is 4. The number of sulfonamides is 1. The van der Waals surface area contributed by atoms with Crippen LogP contribution in [0.5, 0.6) is 5.75 Å². The Morgan fingerprint density at radius 1 is 1.09 bits per heavy atom. The third-order valence-corrected chi connectivity index (χ3v) is 7.42. The molecule has 0 saturated carbocycles. The average molecular weight is 452 g/mol. The number of nitrogen functional groups attached to an aromatic ring is 1. The smallest absolute Gasteiger partial charge is 0.262 e. The number of H-pyrrole nitrogens is 2. The number of aromatic nitrogens is 3. The first-order chi connectivity index (χ1) is 15.3. The van der Waals surface area contributed by atoms with E-state index in [0.29, 0.717) is 34.5 Å². The fraction of sp³-hybridized carbons (Fsp3) is 0.182. The second-order valence-electron chi connectivity index (χ2n) is 7.75. The molecule has 4 aromatic rings. The van der Waals surface area contributed by atoms with E-state index in [2.05, 4.69) is 15.0 Å². The molecule has 10 heteroatoms. The third kappa shape index (κ3) is 3.07. The predicted octanol–water partition coefficient (Wildman–Crippen LogP) is 2.35. The quantitative estimate of drug-likeness (QED) is 0.436. The van der Waals surface area contributed by atoms with Gasteiger partial charge in [-0.15, -0.1) is 0 Å². The van der Waals surface area contributed by atoms with Crippen molar-refractivity contribution in [3.8, 4) is 28.1 Å². The zero-order chi connectivity index (χ0) is 22.6. The van der Waals surface area contributed by atoms with Crippen molar-refractivity contribution in [2.75, 3.05) is 26.4 Å². The Bertz CT molecular complexity index is 1520. The third-order valence-electron chi connectivity index (χ3n) is 5.59. The van der Waals surface area contributed by atoms with Gasteiger partial charge in [-0.25, -0.2) is 12.7 Å². The standard InChI is InChI=1S/C22H21N5O4S/c1-27(2)32(29,30)14-8-6-12(7-9-14)18-16(15-5-3-4-13-10-11-31-19(13)15)17-20(24-18)25-22(23)26-21(17)28/h3-9H,10-11H2,1-2H3,(H4,23,24,25,26,28). The van der Waals surface area contributed by atoms with Gasteiger partial charge in [0.2, 0.25) is 16.0 Å². The van der Waals surface area contributed by atoms with Crippen molar-refractivity contribution in [2.24, 2.45) is 0 Å². The molecule has 3 heterocycles. The molecule has 0 aliphatic carbocycles. The summed E-state index contributed by atoms with van der Waals surface area (Å²) in [4.78, 5) is 23.1. The average Bonchev–Trinajstić information content (AvgIpc) is 3.38. The van der Waals surface area contributed by atoms with Gasteiger partial charge in [-0.05, 0) is 23.3 Å². The number of anilines is 1. The molecule has 0 spiro atoms. The van der Waals surface area contributed by atoms with Crippen molar-refractivity contribution in [2.45, 2.75) is 11.3 Å². The Labute approximate surface area is 183 Å². The summed E-state index contributed by atoms with van der Waals surface area (Å²) < 4.78 is 32.0. The number of hydrogen-bond acceptors (Lipinski definition) is 6. The van der Waals surface area contributed by atoms with Crippen molar-refractivity contribution in [3.05, 3.63) is 58.4 Å². The second-order valence-corrected chi connectivity index (χ2v) is 9.91. The summed E-state index contributed by atoms with van der Waals surface area (Å²) in [7, 11) is -0.597. The molecule has 0 fully saturated rings. The highest BCUT2D eigenvalue weighted by Crippen LogP contribution is 2.43. The maximum atomic E-state index is 12.9. The van der Waals surface area contributed by atoms with Gasteiger partial charge >= 0.3 is 0 Å². The molecular formula is C22H21N5O4S. The first-order valence-electron chi connectivity index (χ1n) is 9.97. The van der Waals surface area contributed by atoms with E-state index in [0.717, 1.165) is 27.6 Å². The lowest BCUT2D eigenvalue weighted by Gasteiger charge is -2.12. The highest BCUT2D eigenvalue weighted by atomic mass is 32.2. The van der Waals surface area contributed by atoms with Gasteiger partial charge in [-0.3, -0.25) is 9.78 Å². The number of ether oxygens (including phenoxy) is 1. The number of nitrogens with two attached hydrogens (primary N) is 1. The summed E-state index contributed by atoms with van der Waals surface area (Å²) in [5.74, 6) is 0.737. The summed E-state index contributed by atoms with van der Waals surface area (Å²) >= 11 is 0. The first kappa shape index (κ1) is 20.3. The van der Waals surface area contributed by atoms with Crippen molar-refractivity contribution in [1.82, 2.24) is 19.3 Å². The Hall–Kier alpha value is -3.63. The van der Waals surface area contributed by atoms with Crippen LogP contribution in [0.25, 0.3) is 33.4 Å². The molecular weight excluding hydrogens is 430 g/mol. The van der Waals surface area contributed by atoms with E-state index in [1.165, 1.54) is 26.2 Å². The fourth-order valence-corrected chi connectivity index (χ4v) is 4.92. The Kier molecular flexibility index (Phi) is 4.57. The molecule has 0 unspecified atom stereocenters. The van der Waals surface area contributed by atoms with Gasteiger partial charge in [-0.2, -0.15) is 4.98 Å². The number of benzene rings is 2. The number of hydrogen-bond donors (Lipinski definition) is 3. The fourth-order valence-electron chi connectivity index (χ4n) is 4.02. The van der Waals surface area contributed by atoms with Crippen LogP contribution >= 0.6 is 0 Å². The molecule has 5 rings (SSSR count). The number of fused-ring (bicyclic) bond motifs is 2. The minimum absolute atomic E-state index is 0.00353. The van der Waals surface area contributed by atoms with E-state index < -0.39 is 10.0 Å². The van der Waals surface area contributed by atoms with Gasteiger partial charge in [0.25, 0.3) is 5.56 Å². The molecule has 4 N–H and O–H groups in total. The molecule has 0 saturated heterocycles. The maximum absolute atomic E-state index is 12.9. The van der Waals surface area contributed by atoms with Gasteiger partial charge in [-0.1, -0.05) is 30.3 Å². The lowest BCUT2D eigenvalue weighted by Crippen LogP contribution is -2.22. The molecule has 0 radical (unpaired) electrons. The maximum Gasteiger partial charge on any atom is 0.262 e. The topological polar surface area (TPSA) is 134 Å². The van der Waals surface area contributed by atoms with E-state index >= 15 is 0 Å². The minimum Gasteiger partial charge on any atom is -0.492 e. The van der Waals surface area contributed by atoms with Crippen LogP contribution in [-0.4, -0.2) is 48.4 Å². The van der Waals surface area contributed by atoms with E-state index in [4.69, 9.17) is 10.5 Å². The normalized spacial score (nSPS) is 13.5. The molecule has 0 bridgehead atoms. The summed E-state index contributed by atoms with van der Waals surface area (Å²) in [6.07, 6.45) is 0.791. The molecule has 164 valence electrons. The number of para-hydroxylation sites is 1. The van der Waals surface area contributed by atoms with Gasteiger partial charge in [0, 0.05) is 31.6 Å². The van der Waals surface area contributed by atoms with Crippen LogP contribution in [0.1, 0.15) is 5.56 Å². The van der Waals surface area contributed by atoms with E-state index in [9.17, 15) is 13.2 Å².